The molecule has 1 N–H and O–H groups in total. The molecule has 36 heavy (non-hydrogen) atoms. The van der Waals surface area contributed by atoms with E-state index in [0.29, 0.717) is 17.2 Å². The van der Waals surface area contributed by atoms with Crippen molar-refractivity contribution in [3.63, 3.8) is 0 Å². The van der Waals surface area contributed by atoms with Gasteiger partial charge >= 0.3 is 0 Å². The van der Waals surface area contributed by atoms with Crippen LogP contribution in [-0.4, -0.2) is 35.4 Å². The van der Waals surface area contributed by atoms with Crippen molar-refractivity contribution in [1.29, 1.82) is 0 Å². The van der Waals surface area contributed by atoms with Crippen LogP contribution >= 0.6 is 11.6 Å². The lowest BCUT2D eigenvalue weighted by Crippen LogP contribution is -2.53. The van der Waals surface area contributed by atoms with E-state index in [0.717, 1.165) is 24.0 Å². The van der Waals surface area contributed by atoms with Crippen molar-refractivity contribution in [2.24, 2.45) is 0 Å². The number of carbonyl (C=O) groups excluding carboxylic acids is 2. The zero-order chi connectivity index (χ0) is 25.9. The number of amides is 2. The van der Waals surface area contributed by atoms with Crippen molar-refractivity contribution in [2.75, 3.05) is 6.61 Å². The van der Waals surface area contributed by atoms with Crippen LogP contribution in [0.5, 0.6) is 5.75 Å². The van der Waals surface area contributed by atoms with E-state index in [1.807, 2.05) is 80.6 Å². The molecule has 0 aliphatic rings. The van der Waals surface area contributed by atoms with E-state index in [1.165, 1.54) is 5.56 Å². The topological polar surface area (TPSA) is 58.6 Å². The molecule has 2 amide bonds. The number of hydrogen-bond donors (Lipinski definition) is 1. The van der Waals surface area contributed by atoms with Gasteiger partial charge in [-0.1, -0.05) is 80.0 Å². The van der Waals surface area contributed by atoms with Crippen molar-refractivity contribution >= 4 is 23.4 Å². The van der Waals surface area contributed by atoms with Crippen LogP contribution in [0.3, 0.4) is 0 Å². The Kier molecular flexibility index (Phi) is 10.4. The molecule has 0 aliphatic heterocycles. The maximum absolute atomic E-state index is 13.6. The number of benzene rings is 3. The van der Waals surface area contributed by atoms with Crippen molar-refractivity contribution in [3.05, 3.63) is 101 Å². The van der Waals surface area contributed by atoms with Gasteiger partial charge in [-0.3, -0.25) is 9.59 Å². The molecule has 3 aromatic carbocycles. The Bertz CT molecular complexity index is 1100. The molecule has 0 saturated heterocycles. The average Bonchev–Trinajstić information content (AvgIpc) is 2.91. The minimum Gasteiger partial charge on any atom is -0.484 e. The first kappa shape index (κ1) is 27.3. The van der Waals surface area contributed by atoms with Gasteiger partial charge in [0.1, 0.15) is 11.8 Å². The van der Waals surface area contributed by atoms with Gasteiger partial charge in [-0.25, -0.2) is 0 Å². The molecule has 0 bridgehead atoms. The average molecular weight is 507 g/mol. The maximum Gasteiger partial charge on any atom is 0.261 e. The maximum atomic E-state index is 13.6. The van der Waals surface area contributed by atoms with Crippen LogP contribution < -0.4 is 10.1 Å². The minimum absolute atomic E-state index is 0.00316. The third kappa shape index (κ3) is 8.13. The number of nitrogens with one attached hydrogen (secondary N) is 1. The normalized spacial score (nSPS) is 12.4. The Morgan fingerprint density at radius 2 is 1.53 bits per heavy atom. The van der Waals surface area contributed by atoms with Crippen molar-refractivity contribution in [2.45, 2.75) is 58.7 Å². The van der Waals surface area contributed by atoms with Crippen LogP contribution in [0.4, 0.5) is 0 Å². The minimum atomic E-state index is -0.698. The van der Waals surface area contributed by atoms with Gasteiger partial charge in [-0.2, -0.15) is 0 Å². The lowest BCUT2D eigenvalue weighted by Gasteiger charge is -2.32. The quantitative estimate of drug-likeness (QED) is 0.336. The monoisotopic (exact) mass is 506 g/mol. The van der Waals surface area contributed by atoms with Crippen molar-refractivity contribution in [1.82, 2.24) is 10.2 Å². The predicted molar refractivity (Wildman–Crippen MR) is 145 cm³/mol. The Morgan fingerprint density at radius 1 is 0.889 bits per heavy atom. The van der Waals surface area contributed by atoms with E-state index in [9.17, 15) is 9.59 Å². The highest BCUT2D eigenvalue weighted by Gasteiger charge is 2.31. The number of aryl methyl sites for hydroxylation is 1. The zero-order valence-corrected chi connectivity index (χ0v) is 22.0. The summed E-state index contributed by atoms with van der Waals surface area (Å²) in [5.41, 5.74) is 3.06. The molecule has 2 atom stereocenters. The van der Waals surface area contributed by atoms with Crippen LogP contribution in [-0.2, 0) is 29.0 Å². The van der Waals surface area contributed by atoms with Gasteiger partial charge in [0.05, 0.1) is 0 Å². The van der Waals surface area contributed by atoms with Crippen molar-refractivity contribution < 1.29 is 14.3 Å². The third-order valence-corrected chi connectivity index (χ3v) is 6.48. The van der Waals surface area contributed by atoms with E-state index >= 15 is 0 Å². The van der Waals surface area contributed by atoms with E-state index in [1.54, 1.807) is 17.0 Å². The number of nitrogens with zero attached hydrogens (tertiary/aromatic N) is 1. The smallest absolute Gasteiger partial charge is 0.261 e. The number of hydrogen-bond acceptors (Lipinski definition) is 3. The SMILES string of the molecule is CCc1ccc(OCC(=O)N(Cc2ccc(Cl)cc2)[C@H](Cc2ccccc2)C(=O)N[C@H](C)CC)cc1. The second-order valence-electron chi connectivity index (χ2n) is 8.96. The summed E-state index contributed by atoms with van der Waals surface area (Å²) in [4.78, 5) is 28.7. The van der Waals surface area contributed by atoms with E-state index < -0.39 is 6.04 Å². The molecule has 0 aromatic heterocycles. The first-order valence-electron chi connectivity index (χ1n) is 12.5. The van der Waals surface area contributed by atoms with Gasteiger partial charge in [-0.05, 0) is 60.7 Å². The Morgan fingerprint density at radius 3 is 2.14 bits per heavy atom. The van der Waals surface area contributed by atoms with Gasteiger partial charge in [0, 0.05) is 24.0 Å². The van der Waals surface area contributed by atoms with Gasteiger partial charge in [0.2, 0.25) is 5.91 Å². The molecule has 5 nitrogen and oxygen atoms in total. The molecule has 0 aliphatic carbocycles. The molecule has 6 heteroatoms. The molecule has 0 heterocycles. The van der Waals surface area contributed by atoms with Gasteiger partial charge < -0.3 is 15.0 Å². The standard InChI is InChI=1S/C30H35ClN2O3/c1-4-22(3)32-30(35)28(19-24-9-7-6-8-10-24)33(20-25-11-15-26(31)16-12-25)29(34)21-36-27-17-13-23(5-2)14-18-27/h6-18,22,28H,4-5,19-21H2,1-3H3,(H,32,35)/t22-,28-/m1/s1. The summed E-state index contributed by atoms with van der Waals surface area (Å²) in [5, 5.41) is 3.69. The van der Waals surface area contributed by atoms with Crippen molar-refractivity contribution in [3.8, 4) is 5.75 Å². The number of ether oxygens (including phenoxy) is 1. The first-order valence-corrected chi connectivity index (χ1v) is 12.9. The fourth-order valence-corrected chi connectivity index (χ4v) is 3.96. The molecule has 0 saturated carbocycles. The second kappa shape index (κ2) is 13.7. The van der Waals surface area contributed by atoms with Gasteiger partial charge in [0.15, 0.2) is 6.61 Å². The highest BCUT2D eigenvalue weighted by Crippen LogP contribution is 2.18. The predicted octanol–water partition coefficient (Wildman–Crippen LogP) is 5.84. The molecule has 0 spiro atoms. The summed E-state index contributed by atoms with van der Waals surface area (Å²) >= 11 is 6.08. The number of carbonyl (C=O) groups is 2. The Hall–Kier alpha value is -3.31. The van der Waals surface area contributed by atoms with Crippen LogP contribution in [0.25, 0.3) is 0 Å². The molecule has 0 fully saturated rings. The van der Waals surface area contributed by atoms with E-state index in [2.05, 4.69) is 12.2 Å². The van der Waals surface area contributed by atoms with Crippen LogP contribution in [0.15, 0.2) is 78.9 Å². The Balaban J connectivity index is 1.88. The first-order chi connectivity index (χ1) is 17.4. The van der Waals surface area contributed by atoms with Gasteiger partial charge in [-0.15, -0.1) is 0 Å². The fraction of sp³-hybridized carbons (Fsp3) is 0.333. The summed E-state index contributed by atoms with van der Waals surface area (Å²) in [6, 6.07) is 24.1. The summed E-state index contributed by atoms with van der Waals surface area (Å²) in [7, 11) is 0. The summed E-state index contributed by atoms with van der Waals surface area (Å²) in [5.74, 6) is 0.184. The molecule has 3 rings (SSSR count). The summed E-state index contributed by atoms with van der Waals surface area (Å²) in [6.07, 6.45) is 2.12. The second-order valence-corrected chi connectivity index (χ2v) is 9.39. The lowest BCUT2D eigenvalue weighted by atomic mass is 10.0. The largest absolute Gasteiger partial charge is 0.484 e. The summed E-state index contributed by atoms with van der Waals surface area (Å²) < 4.78 is 5.84. The molecular formula is C30H35ClN2O3. The molecule has 0 radical (unpaired) electrons. The van der Waals surface area contributed by atoms with E-state index in [-0.39, 0.29) is 31.0 Å². The van der Waals surface area contributed by atoms with E-state index in [4.69, 9.17) is 16.3 Å². The molecule has 190 valence electrons. The van der Waals surface area contributed by atoms with Crippen LogP contribution in [0, 0.1) is 0 Å². The van der Waals surface area contributed by atoms with Crippen LogP contribution in [0.1, 0.15) is 43.9 Å². The van der Waals surface area contributed by atoms with Gasteiger partial charge in [0.25, 0.3) is 5.91 Å². The Labute approximate surface area is 219 Å². The fourth-order valence-electron chi connectivity index (χ4n) is 3.83. The zero-order valence-electron chi connectivity index (χ0n) is 21.2. The molecule has 3 aromatic rings. The molecular weight excluding hydrogens is 472 g/mol. The summed E-state index contributed by atoms with van der Waals surface area (Å²) in [6.45, 7) is 6.17. The number of halogens is 1. The molecule has 0 unspecified atom stereocenters. The lowest BCUT2D eigenvalue weighted by molar-refractivity contribution is -0.143. The third-order valence-electron chi connectivity index (χ3n) is 6.23. The number of rotatable bonds is 12. The highest BCUT2D eigenvalue weighted by molar-refractivity contribution is 6.30. The van der Waals surface area contributed by atoms with Crippen LogP contribution in [0.2, 0.25) is 5.02 Å². The highest BCUT2D eigenvalue weighted by atomic mass is 35.5.